The summed E-state index contributed by atoms with van der Waals surface area (Å²) >= 11 is 0. The third kappa shape index (κ3) is 3.03. The number of aromatic carboxylic acids is 1. The lowest BCUT2D eigenvalue weighted by molar-refractivity contribution is -0.119. The Morgan fingerprint density at radius 3 is 2.79 bits per heavy atom. The number of hydrogen-bond donors (Lipinski definition) is 5. The van der Waals surface area contributed by atoms with Crippen LogP contribution in [0.5, 0.6) is 0 Å². The molecule has 0 radical (unpaired) electrons. The van der Waals surface area contributed by atoms with E-state index in [0.29, 0.717) is 12.2 Å². The summed E-state index contributed by atoms with van der Waals surface area (Å²) in [6.45, 7) is 2.07. The Hall–Kier alpha value is -2.51. The van der Waals surface area contributed by atoms with E-state index in [1.165, 1.54) is 6.07 Å². The van der Waals surface area contributed by atoms with Gasteiger partial charge in [0.2, 0.25) is 5.91 Å². The second kappa shape index (κ2) is 5.01. The topological polar surface area (TPSA) is 123 Å². The molecule has 0 aliphatic carbocycles. The van der Waals surface area contributed by atoms with Crippen LogP contribution in [0.2, 0.25) is 0 Å². The van der Waals surface area contributed by atoms with E-state index in [1.807, 2.05) is 0 Å². The molecule has 0 spiro atoms. The molecule has 0 bridgehead atoms. The van der Waals surface area contributed by atoms with E-state index >= 15 is 0 Å². The van der Waals surface area contributed by atoms with E-state index in [9.17, 15) is 14.4 Å². The highest BCUT2D eigenvalue weighted by molar-refractivity contribution is 5.99. The molecule has 1 saturated heterocycles. The number of H-pyrrole nitrogens is 1. The molecule has 0 saturated carbocycles. The molecule has 1 unspecified atom stereocenters. The lowest BCUT2D eigenvalue weighted by Gasteiger charge is -2.11. The average molecular weight is 266 g/mol. The Morgan fingerprint density at radius 1 is 1.47 bits per heavy atom. The first-order valence-electron chi connectivity index (χ1n) is 5.73. The van der Waals surface area contributed by atoms with Crippen molar-refractivity contribution in [2.75, 3.05) is 11.9 Å². The van der Waals surface area contributed by atoms with E-state index in [1.54, 1.807) is 6.92 Å². The molecule has 5 N–H and O–H groups in total. The van der Waals surface area contributed by atoms with Gasteiger partial charge in [-0.2, -0.15) is 0 Å². The highest BCUT2D eigenvalue weighted by Gasteiger charge is 2.23. The number of hydrogen-bond acceptors (Lipinski definition) is 3. The molecule has 19 heavy (non-hydrogen) atoms. The molecule has 102 valence electrons. The van der Waals surface area contributed by atoms with Crippen LogP contribution in [0.1, 0.15) is 22.6 Å². The number of aryl methyl sites for hydroxylation is 1. The van der Waals surface area contributed by atoms with Crippen molar-refractivity contribution < 1.29 is 19.5 Å². The number of carbonyl (C=O) groups is 3. The number of carboxylic acid groups (broad SMARTS) is 1. The van der Waals surface area contributed by atoms with Crippen molar-refractivity contribution >= 4 is 23.6 Å². The van der Waals surface area contributed by atoms with E-state index in [4.69, 9.17) is 5.11 Å². The molecular formula is C11H14N4O4. The molecule has 8 nitrogen and oxygen atoms in total. The largest absolute Gasteiger partial charge is 0.477 e. The summed E-state index contributed by atoms with van der Waals surface area (Å²) in [7, 11) is 0. The minimum atomic E-state index is -1.15. The Bertz CT molecular complexity index is 537. The number of carboxylic acids is 1. The van der Waals surface area contributed by atoms with Gasteiger partial charge in [0, 0.05) is 18.7 Å². The highest BCUT2D eigenvalue weighted by atomic mass is 16.4. The monoisotopic (exact) mass is 266 g/mol. The van der Waals surface area contributed by atoms with Crippen LogP contribution in [0, 0.1) is 6.92 Å². The van der Waals surface area contributed by atoms with Crippen molar-refractivity contribution in [2.24, 2.45) is 0 Å². The Labute approximate surface area is 108 Å². The summed E-state index contributed by atoms with van der Waals surface area (Å²) in [5.74, 6) is -1.27. The van der Waals surface area contributed by atoms with Crippen molar-refractivity contribution in [3.8, 4) is 0 Å². The summed E-state index contributed by atoms with van der Waals surface area (Å²) in [6, 6.07) is 0.713. The van der Waals surface area contributed by atoms with Gasteiger partial charge in [-0.3, -0.25) is 4.79 Å². The predicted octanol–water partition coefficient (Wildman–Crippen LogP) is 0.0313. The Kier molecular flexibility index (Phi) is 3.41. The molecule has 1 aliphatic rings. The lowest BCUT2D eigenvalue weighted by atomic mass is 10.2. The van der Waals surface area contributed by atoms with Crippen molar-refractivity contribution in [2.45, 2.75) is 19.4 Å². The van der Waals surface area contributed by atoms with Crippen molar-refractivity contribution in [3.63, 3.8) is 0 Å². The average Bonchev–Trinajstić information content (AvgIpc) is 2.85. The van der Waals surface area contributed by atoms with Crippen molar-refractivity contribution in [1.82, 2.24) is 15.6 Å². The minimum absolute atomic E-state index is 0.0757. The van der Waals surface area contributed by atoms with Gasteiger partial charge in [0.25, 0.3) is 0 Å². The number of rotatable bonds is 3. The van der Waals surface area contributed by atoms with Gasteiger partial charge in [-0.15, -0.1) is 0 Å². The zero-order valence-electron chi connectivity index (χ0n) is 10.2. The molecule has 8 heteroatoms. The summed E-state index contributed by atoms with van der Waals surface area (Å²) in [6.07, 6.45) is 0.228. The number of amides is 3. The maximum Gasteiger partial charge on any atom is 0.354 e. The number of carbonyl (C=O) groups excluding carboxylic acids is 2. The number of anilines is 1. The van der Waals surface area contributed by atoms with Gasteiger partial charge in [-0.05, 0) is 13.0 Å². The van der Waals surface area contributed by atoms with E-state index < -0.39 is 12.0 Å². The van der Waals surface area contributed by atoms with Crippen LogP contribution in [0.4, 0.5) is 10.5 Å². The smallest absolute Gasteiger partial charge is 0.354 e. The van der Waals surface area contributed by atoms with Gasteiger partial charge in [0.1, 0.15) is 5.69 Å². The van der Waals surface area contributed by atoms with Crippen LogP contribution in [0.15, 0.2) is 6.07 Å². The zero-order valence-corrected chi connectivity index (χ0v) is 10.2. The molecule has 1 atom stereocenters. The number of nitrogens with one attached hydrogen (secondary N) is 4. The van der Waals surface area contributed by atoms with Crippen LogP contribution >= 0.6 is 0 Å². The fraction of sp³-hybridized carbons (Fsp3) is 0.364. The predicted molar refractivity (Wildman–Crippen MR) is 66.1 cm³/mol. The lowest BCUT2D eigenvalue weighted by Crippen LogP contribution is -2.39. The fourth-order valence-electron chi connectivity index (χ4n) is 1.91. The zero-order chi connectivity index (χ0) is 14.0. The van der Waals surface area contributed by atoms with Gasteiger partial charge in [-0.25, -0.2) is 9.59 Å². The Morgan fingerprint density at radius 2 is 2.21 bits per heavy atom. The maximum absolute atomic E-state index is 11.7. The first-order valence-corrected chi connectivity index (χ1v) is 5.73. The molecule has 1 fully saturated rings. The molecule has 2 rings (SSSR count). The molecule has 0 aromatic carbocycles. The van der Waals surface area contributed by atoms with Crippen LogP contribution in [0.25, 0.3) is 0 Å². The van der Waals surface area contributed by atoms with Gasteiger partial charge >= 0.3 is 12.0 Å². The molecular weight excluding hydrogens is 252 g/mol. The fourth-order valence-corrected chi connectivity index (χ4v) is 1.91. The van der Waals surface area contributed by atoms with Gasteiger partial charge in [-0.1, -0.05) is 0 Å². The standard InChI is InChI=1S/C11H14N4O4/c1-5-2-7(9(13-5)10(17)18)15-11(19)14-6-3-8(16)12-4-6/h2,6,13H,3-4H2,1H3,(H,12,16)(H,17,18)(H2,14,15,19). The third-order valence-electron chi connectivity index (χ3n) is 2.73. The van der Waals surface area contributed by atoms with Gasteiger partial charge in [0.15, 0.2) is 0 Å². The molecule has 3 amide bonds. The SMILES string of the molecule is Cc1cc(NC(=O)NC2CNC(=O)C2)c(C(=O)O)[nH]1. The summed E-state index contributed by atoms with van der Waals surface area (Å²) in [5.41, 5.74) is 0.749. The molecule has 2 heterocycles. The van der Waals surface area contributed by atoms with Crippen molar-refractivity contribution in [3.05, 3.63) is 17.5 Å². The molecule has 1 aromatic heterocycles. The molecule has 1 aliphatic heterocycles. The quantitative estimate of drug-likeness (QED) is 0.529. The van der Waals surface area contributed by atoms with Crippen LogP contribution in [0.3, 0.4) is 0 Å². The number of aromatic amines is 1. The number of urea groups is 1. The Balaban J connectivity index is 1.99. The summed E-state index contributed by atoms with van der Waals surface area (Å²) in [5, 5.41) is 16.6. The van der Waals surface area contributed by atoms with E-state index in [2.05, 4.69) is 20.9 Å². The first-order chi connectivity index (χ1) is 8.95. The van der Waals surface area contributed by atoms with Gasteiger partial charge in [0.05, 0.1) is 11.7 Å². The van der Waals surface area contributed by atoms with Crippen LogP contribution < -0.4 is 16.0 Å². The highest BCUT2D eigenvalue weighted by Crippen LogP contribution is 2.16. The van der Waals surface area contributed by atoms with Crippen molar-refractivity contribution in [1.29, 1.82) is 0 Å². The van der Waals surface area contributed by atoms with E-state index in [-0.39, 0.29) is 29.8 Å². The summed E-state index contributed by atoms with van der Waals surface area (Å²) < 4.78 is 0. The summed E-state index contributed by atoms with van der Waals surface area (Å²) in [4.78, 5) is 36.3. The third-order valence-corrected chi connectivity index (χ3v) is 2.73. The van der Waals surface area contributed by atoms with E-state index in [0.717, 1.165) is 0 Å². The number of aromatic nitrogens is 1. The normalized spacial score (nSPS) is 17.9. The van der Waals surface area contributed by atoms with Crippen LogP contribution in [-0.4, -0.2) is 40.6 Å². The van der Waals surface area contributed by atoms with Gasteiger partial charge < -0.3 is 26.0 Å². The second-order valence-corrected chi connectivity index (χ2v) is 4.35. The first kappa shape index (κ1) is 12.9. The molecule has 1 aromatic rings. The van der Waals surface area contributed by atoms with Crippen LogP contribution in [-0.2, 0) is 4.79 Å². The maximum atomic E-state index is 11.7. The second-order valence-electron chi connectivity index (χ2n) is 4.35. The minimum Gasteiger partial charge on any atom is -0.477 e.